The number of rotatable bonds is 12. The first kappa shape index (κ1) is 18.6. The van der Waals surface area contributed by atoms with Gasteiger partial charge in [-0.15, -0.1) is 0 Å². The van der Waals surface area contributed by atoms with Crippen LogP contribution in [0.4, 0.5) is 0 Å². The molecule has 1 aromatic carbocycles. The SMILES string of the molecule is CCCCCCCCCCCCc1cc2ccc(C(=O)O)cc2[nH]1. The number of H-pyrrole nitrogens is 1. The summed E-state index contributed by atoms with van der Waals surface area (Å²) in [5, 5.41) is 10.1. The van der Waals surface area contributed by atoms with Crippen LogP contribution in [0, 0.1) is 0 Å². The summed E-state index contributed by atoms with van der Waals surface area (Å²) in [7, 11) is 0. The van der Waals surface area contributed by atoms with Gasteiger partial charge in [-0.3, -0.25) is 0 Å². The number of nitrogens with one attached hydrogen (secondary N) is 1. The smallest absolute Gasteiger partial charge is 0.335 e. The van der Waals surface area contributed by atoms with E-state index < -0.39 is 5.97 Å². The molecule has 0 aliphatic rings. The molecule has 0 bridgehead atoms. The van der Waals surface area contributed by atoms with Gasteiger partial charge in [-0.1, -0.05) is 70.8 Å². The van der Waals surface area contributed by atoms with Crippen molar-refractivity contribution < 1.29 is 9.90 Å². The average molecular weight is 329 g/mol. The van der Waals surface area contributed by atoms with Crippen molar-refractivity contribution in [2.75, 3.05) is 0 Å². The fourth-order valence-electron chi connectivity index (χ4n) is 3.26. The van der Waals surface area contributed by atoms with Crippen LogP contribution in [0.1, 0.15) is 87.2 Å². The van der Waals surface area contributed by atoms with Crippen LogP contribution in [0.5, 0.6) is 0 Å². The Morgan fingerprint density at radius 2 is 1.54 bits per heavy atom. The standard InChI is InChI=1S/C21H31NO2/c1-2-3-4-5-6-7-8-9-10-11-12-19-15-17-13-14-18(21(23)24)16-20(17)22-19/h13-16,22H,2-12H2,1H3,(H,23,24). The maximum atomic E-state index is 11.0. The Labute approximate surface area is 145 Å². The van der Waals surface area contributed by atoms with Gasteiger partial charge in [0, 0.05) is 11.2 Å². The number of carbonyl (C=O) groups is 1. The Kier molecular flexibility index (Phi) is 7.87. The summed E-state index contributed by atoms with van der Waals surface area (Å²) in [4.78, 5) is 14.4. The first-order valence-electron chi connectivity index (χ1n) is 9.55. The van der Waals surface area contributed by atoms with Gasteiger partial charge in [0.05, 0.1) is 5.56 Å². The van der Waals surface area contributed by atoms with Gasteiger partial charge >= 0.3 is 5.97 Å². The van der Waals surface area contributed by atoms with E-state index in [0.29, 0.717) is 5.56 Å². The fraction of sp³-hybridized carbons (Fsp3) is 0.571. The highest BCUT2D eigenvalue weighted by Gasteiger charge is 2.06. The Bertz CT molecular complexity index is 630. The van der Waals surface area contributed by atoms with Gasteiger partial charge in [-0.05, 0) is 36.4 Å². The van der Waals surface area contributed by atoms with Crippen molar-refractivity contribution in [3.8, 4) is 0 Å². The zero-order valence-corrected chi connectivity index (χ0v) is 14.9. The van der Waals surface area contributed by atoms with E-state index in [1.54, 1.807) is 12.1 Å². The van der Waals surface area contributed by atoms with Crippen molar-refractivity contribution in [1.82, 2.24) is 4.98 Å². The lowest BCUT2D eigenvalue weighted by Crippen LogP contribution is -1.94. The van der Waals surface area contributed by atoms with Crippen molar-refractivity contribution in [3.63, 3.8) is 0 Å². The normalized spacial score (nSPS) is 11.2. The van der Waals surface area contributed by atoms with Crippen LogP contribution < -0.4 is 0 Å². The second kappa shape index (κ2) is 10.2. The number of fused-ring (bicyclic) bond motifs is 1. The molecular formula is C21H31NO2. The molecule has 24 heavy (non-hydrogen) atoms. The number of carboxylic acids is 1. The molecule has 2 aromatic rings. The van der Waals surface area contributed by atoms with Gasteiger partial charge in [0.2, 0.25) is 0 Å². The van der Waals surface area contributed by atoms with Crippen LogP contribution in [-0.2, 0) is 6.42 Å². The van der Waals surface area contributed by atoms with Gasteiger partial charge < -0.3 is 10.1 Å². The van der Waals surface area contributed by atoms with Gasteiger partial charge in [-0.25, -0.2) is 4.79 Å². The first-order valence-corrected chi connectivity index (χ1v) is 9.55. The lowest BCUT2D eigenvalue weighted by molar-refractivity contribution is 0.0697. The number of aryl methyl sites for hydroxylation is 1. The minimum Gasteiger partial charge on any atom is -0.478 e. The maximum absolute atomic E-state index is 11.0. The molecule has 0 aliphatic heterocycles. The Hall–Kier alpha value is -1.77. The number of aromatic nitrogens is 1. The highest BCUT2D eigenvalue weighted by molar-refractivity contribution is 5.93. The third kappa shape index (κ3) is 6.03. The zero-order chi connectivity index (χ0) is 17.2. The number of carboxylic acid groups (broad SMARTS) is 1. The molecule has 1 aromatic heterocycles. The Morgan fingerprint density at radius 1 is 0.917 bits per heavy atom. The highest BCUT2D eigenvalue weighted by atomic mass is 16.4. The zero-order valence-electron chi connectivity index (χ0n) is 14.9. The van der Waals surface area contributed by atoms with Crippen molar-refractivity contribution in [1.29, 1.82) is 0 Å². The lowest BCUT2D eigenvalue weighted by Gasteiger charge is -2.02. The number of hydrogen-bond acceptors (Lipinski definition) is 1. The fourth-order valence-corrected chi connectivity index (χ4v) is 3.26. The number of aromatic carboxylic acids is 1. The van der Waals surface area contributed by atoms with Crippen LogP contribution >= 0.6 is 0 Å². The molecule has 0 atom stereocenters. The topological polar surface area (TPSA) is 53.1 Å². The van der Waals surface area contributed by atoms with Gasteiger partial charge in [0.15, 0.2) is 0 Å². The van der Waals surface area contributed by atoms with E-state index in [1.165, 1.54) is 69.9 Å². The monoisotopic (exact) mass is 329 g/mol. The number of unbranched alkanes of at least 4 members (excludes halogenated alkanes) is 9. The summed E-state index contributed by atoms with van der Waals surface area (Å²) < 4.78 is 0. The van der Waals surface area contributed by atoms with Crippen molar-refractivity contribution >= 4 is 16.9 Å². The Morgan fingerprint density at radius 3 is 2.17 bits per heavy atom. The molecule has 2 rings (SSSR count). The summed E-state index contributed by atoms with van der Waals surface area (Å²) in [5.41, 5.74) is 2.49. The quantitative estimate of drug-likeness (QED) is 0.447. The molecule has 0 unspecified atom stereocenters. The third-order valence-corrected chi connectivity index (χ3v) is 4.72. The predicted octanol–water partition coefficient (Wildman–Crippen LogP) is 6.33. The van der Waals surface area contributed by atoms with Gasteiger partial charge in [0.25, 0.3) is 0 Å². The molecule has 0 fully saturated rings. The lowest BCUT2D eigenvalue weighted by atomic mass is 10.1. The largest absolute Gasteiger partial charge is 0.478 e. The second-order valence-corrected chi connectivity index (χ2v) is 6.83. The maximum Gasteiger partial charge on any atom is 0.335 e. The highest BCUT2D eigenvalue weighted by Crippen LogP contribution is 2.19. The van der Waals surface area contributed by atoms with E-state index in [0.717, 1.165) is 17.3 Å². The van der Waals surface area contributed by atoms with Crippen molar-refractivity contribution in [2.24, 2.45) is 0 Å². The van der Waals surface area contributed by atoms with Gasteiger partial charge in [0.1, 0.15) is 0 Å². The van der Waals surface area contributed by atoms with Crippen molar-refractivity contribution in [2.45, 2.75) is 77.6 Å². The first-order chi connectivity index (χ1) is 11.7. The molecule has 0 amide bonds. The van der Waals surface area contributed by atoms with Crippen LogP contribution in [0.25, 0.3) is 10.9 Å². The molecule has 0 spiro atoms. The summed E-state index contributed by atoms with van der Waals surface area (Å²) in [5.74, 6) is -0.872. The van der Waals surface area contributed by atoms with Crippen LogP contribution in [0.2, 0.25) is 0 Å². The van der Waals surface area contributed by atoms with Crippen LogP contribution in [0.15, 0.2) is 24.3 Å². The van der Waals surface area contributed by atoms with E-state index >= 15 is 0 Å². The van der Waals surface area contributed by atoms with Crippen molar-refractivity contribution in [3.05, 3.63) is 35.5 Å². The van der Waals surface area contributed by atoms with Gasteiger partial charge in [-0.2, -0.15) is 0 Å². The Balaban J connectivity index is 1.62. The summed E-state index contributed by atoms with van der Waals surface area (Å²) in [6.45, 7) is 2.26. The van der Waals surface area contributed by atoms with Crippen LogP contribution in [0.3, 0.4) is 0 Å². The number of hydrogen-bond donors (Lipinski definition) is 2. The van der Waals surface area contributed by atoms with E-state index in [-0.39, 0.29) is 0 Å². The van der Waals surface area contributed by atoms with Crippen LogP contribution in [-0.4, -0.2) is 16.1 Å². The minimum absolute atomic E-state index is 0.342. The van der Waals surface area contributed by atoms with E-state index in [4.69, 9.17) is 5.11 Å². The molecule has 3 heteroatoms. The average Bonchev–Trinajstić information content (AvgIpc) is 2.98. The summed E-state index contributed by atoms with van der Waals surface area (Å²) in [6, 6.07) is 7.43. The third-order valence-electron chi connectivity index (χ3n) is 4.72. The summed E-state index contributed by atoms with van der Waals surface area (Å²) in [6.07, 6.45) is 14.5. The molecule has 132 valence electrons. The van der Waals surface area contributed by atoms with E-state index in [2.05, 4.69) is 18.0 Å². The van der Waals surface area contributed by atoms with E-state index in [1.807, 2.05) is 6.07 Å². The molecule has 0 saturated carbocycles. The molecule has 3 nitrogen and oxygen atoms in total. The van der Waals surface area contributed by atoms with E-state index in [9.17, 15) is 4.79 Å². The number of benzene rings is 1. The predicted molar refractivity (Wildman–Crippen MR) is 101 cm³/mol. The molecule has 0 saturated heterocycles. The second-order valence-electron chi connectivity index (χ2n) is 6.83. The molecule has 0 radical (unpaired) electrons. The molecule has 1 heterocycles. The number of aromatic amines is 1. The molecule has 2 N–H and O–H groups in total. The molecular weight excluding hydrogens is 298 g/mol. The summed E-state index contributed by atoms with van der Waals surface area (Å²) >= 11 is 0. The molecule has 0 aliphatic carbocycles. The minimum atomic E-state index is -0.872.